The number of amides is 1. The van der Waals surface area contributed by atoms with Crippen molar-refractivity contribution in [1.29, 1.82) is 0 Å². The van der Waals surface area contributed by atoms with Gasteiger partial charge in [0.25, 0.3) is 0 Å². The van der Waals surface area contributed by atoms with Crippen LogP contribution < -0.4 is 4.74 Å². The Morgan fingerprint density at radius 2 is 1.85 bits per heavy atom. The Kier molecular flexibility index (Phi) is 6.16. The highest BCUT2D eigenvalue weighted by atomic mass is 32.2. The molecule has 2 fully saturated rings. The van der Waals surface area contributed by atoms with Gasteiger partial charge in [0.15, 0.2) is 0 Å². The summed E-state index contributed by atoms with van der Waals surface area (Å²) in [7, 11) is -1.93. The molecule has 144 valence electrons. The second kappa shape index (κ2) is 8.37. The summed E-state index contributed by atoms with van der Waals surface area (Å²) in [5, 5.41) is 0. The Hall–Kier alpha value is -1.64. The fraction of sp³-hybridized carbons (Fsp3) is 0.611. The molecule has 3 rings (SSSR count). The number of carbonyl (C=O) groups excluding carboxylic acids is 1. The molecular formula is C18H26N2O5S. The average molecular weight is 382 g/mol. The molecule has 0 saturated carbocycles. The van der Waals surface area contributed by atoms with E-state index in [0.29, 0.717) is 58.0 Å². The van der Waals surface area contributed by atoms with Gasteiger partial charge in [-0.15, -0.1) is 0 Å². The van der Waals surface area contributed by atoms with Crippen LogP contribution in [0, 0.1) is 0 Å². The van der Waals surface area contributed by atoms with Crippen molar-refractivity contribution in [2.75, 3.05) is 46.5 Å². The third-order valence-electron chi connectivity index (χ3n) is 4.93. The first-order chi connectivity index (χ1) is 12.5. The van der Waals surface area contributed by atoms with Crippen LogP contribution in [0.3, 0.4) is 0 Å². The van der Waals surface area contributed by atoms with E-state index in [2.05, 4.69) is 0 Å². The fourth-order valence-electron chi connectivity index (χ4n) is 3.40. The number of hydrogen-bond donors (Lipinski definition) is 0. The van der Waals surface area contributed by atoms with E-state index in [1.54, 1.807) is 30.2 Å². The molecule has 0 unspecified atom stereocenters. The molecule has 1 aromatic carbocycles. The molecule has 7 nitrogen and oxygen atoms in total. The minimum absolute atomic E-state index is 0.0585. The smallest absolute Gasteiger partial charge is 0.243 e. The van der Waals surface area contributed by atoms with E-state index < -0.39 is 10.0 Å². The third-order valence-corrected chi connectivity index (χ3v) is 6.82. The number of aryl methyl sites for hydroxylation is 1. The van der Waals surface area contributed by atoms with Crippen LogP contribution in [0.2, 0.25) is 0 Å². The minimum Gasteiger partial charge on any atom is -0.496 e. The largest absolute Gasteiger partial charge is 0.496 e. The molecule has 1 amide bonds. The lowest BCUT2D eigenvalue weighted by Crippen LogP contribution is -2.40. The number of ether oxygens (including phenoxy) is 2. The number of rotatable bonds is 6. The van der Waals surface area contributed by atoms with Crippen molar-refractivity contribution in [3.05, 3.63) is 23.8 Å². The Balaban J connectivity index is 1.74. The van der Waals surface area contributed by atoms with Crippen LogP contribution in [0.25, 0.3) is 0 Å². The summed E-state index contributed by atoms with van der Waals surface area (Å²) in [4.78, 5) is 14.4. The van der Waals surface area contributed by atoms with Crippen molar-refractivity contribution >= 4 is 15.9 Å². The van der Waals surface area contributed by atoms with Crippen LogP contribution >= 0.6 is 0 Å². The van der Waals surface area contributed by atoms with Gasteiger partial charge >= 0.3 is 0 Å². The first kappa shape index (κ1) is 19.1. The highest BCUT2D eigenvalue weighted by Gasteiger charge is 2.28. The maximum absolute atomic E-state index is 12.8. The fourth-order valence-corrected chi connectivity index (χ4v) is 4.97. The number of sulfonamides is 1. The van der Waals surface area contributed by atoms with Gasteiger partial charge in [-0.1, -0.05) is 0 Å². The lowest BCUT2D eigenvalue weighted by atomic mass is 10.1. The molecular weight excluding hydrogens is 356 g/mol. The van der Waals surface area contributed by atoms with Crippen molar-refractivity contribution in [1.82, 2.24) is 9.21 Å². The first-order valence-electron chi connectivity index (χ1n) is 9.05. The number of methoxy groups -OCH3 is 1. The third kappa shape index (κ3) is 4.19. The second-order valence-corrected chi connectivity index (χ2v) is 8.52. The lowest BCUT2D eigenvalue weighted by molar-refractivity contribution is -0.135. The summed E-state index contributed by atoms with van der Waals surface area (Å²) in [5.41, 5.74) is 0.745. The Bertz CT molecular complexity index is 738. The summed E-state index contributed by atoms with van der Waals surface area (Å²) in [5.74, 6) is 0.670. The molecule has 0 radical (unpaired) electrons. The molecule has 0 bridgehead atoms. The lowest BCUT2D eigenvalue weighted by Gasteiger charge is -2.27. The van der Waals surface area contributed by atoms with E-state index in [0.717, 1.165) is 18.4 Å². The van der Waals surface area contributed by atoms with Crippen molar-refractivity contribution in [2.24, 2.45) is 0 Å². The van der Waals surface area contributed by atoms with Crippen molar-refractivity contribution in [3.63, 3.8) is 0 Å². The van der Waals surface area contributed by atoms with Crippen molar-refractivity contribution in [2.45, 2.75) is 30.6 Å². The maximum Gasteiger partial charge on any atom is 0.243 e. The van der Waals surface area contributed by atoms with E-state index in [1.807, 2.05) is 0 Å². The van der Waals surface area contributed by atoms with Crippen molar-refractivity contribution in [3.8, 4) is 5.75 Å². The molecule has 26 heavy (non-hydrogen) atoms. The average Bonchev–Trinajstić information content (AvgIpc) is 3.22. The van der Waals surface area contributed by atoms with E-state index >= 15 is 0 Å². The van der Waals surface area contributed by atoms with Crippen LogP contribution in [0.15, 0.2) is 23.1 Å². The first-order valence-corrected chi connectivity index (χ1v) is 10.5. The van der Waals surface area contributed by atoms with Gasteiger partial charge in [0.2, 0.25) is 15.9 Å². The van der Waals surface area contributed by atoms with Crippen molar-refractivity contribution < 1.29 is 22.7 Å². The number of morpholine rings is 1. The molecule has 0 aromatic heterocycles. The van der Waals surface area contributed by atoms with Crippen LogP contribution in [0.4, 0.5) is 0 Å². The summed E-state index contributed by atoms with van der Waals surface area (Å²) in [6.45, 7) is 3.49. The predicted octanol–water partition coefficient (Wildman–Crippen LogP) is 1.27. The molecule has 8 heteroatoms. The summed E-state index contributed by atoms with van der Waals surface area (Å²) in [6, 6.07) is 4.91. The quantitative estimate of drug-likeness (QED) is 0.741. The van der Waals surface area contributed by atoms with Crippen LogP contribution in [-0.2, 0) is 26.0 Å². The molecule has 2 saturated heterocycles. The molecule has 1 aromatic rings. The Morgan fingerprint density at radius 3 is 2.50 bits per heavy atom. The molecule has 2 aliphatic heterocycles. The predicted molar refractivity (Wildman–Crippen MR) is 96.7 cm³/mol. The van der Waals surface area contributed by atoms with E-state index in [4.69, 9.17) is 9.47 Å². The second-order valence-electron chi connectivity index (χ2n) is 6.58. The number of hydrogen-bond acceptors (Lipinski definition) is 5. The standard InChI is InChI=1S/C18H26N2O5S/c1-24-17-6-5-16(26(22,23)20-8-2-3-9-20)14-15(17)4-7-18(21)19-10-12-25-13-11-19/h5-6,14H,2-4,7-13H2,1H3. The highest BCUT2D eigenvalue weighted by Crippen LogP contribution is 2.27. The zero-order valence-electron chi connectivity index (χ0n) is 15.1. The van der Waals surface area contributed by atoms with E-state index in [-0.39, 0.29) is 10.8 Å². The van der Waals surface area contributed by atoms with Gasteiger partial charge in [-0.3, -0.25) is 4.79 Å². The van der Waals surface area contributed by atoms with Gasteiger partial charge in [-0.2, -0.15) is 4.31 Å². The summed E-state index contributed by atoms with van der Waals surface area (Å²) >= 11 is 0. The summed E-state index contributed by atoms with van der Waals surface area (Å²) < 4.78 is 37.7. The van der Waals surface area contributed by atoms with Gasteiger partial charge in [-0.05, 0) is 43.0 Å². The maximum atomic E-state index is 12.8. The zero-order chi connectivity index (χ0) is 18.6. The molecule has 0 aliphatic carbocycles. The monoisotopic (exact) mass is 382 g/mol. The van der Waals surface area contributed by atoms with Gasteiger partial charge in [0.05, 0.1) is 25.2 Å². The SMILES string of the molecule is COc1ccc(S(=O)(=O)N2CCCC2)cc1CCC(=O)N1CCOCC1. The minimum atomic E-state index is -3.48. The van der Waals surface area contributed by atoms with Gasteiger partial charge in [0.1, 0.15) is 5.75 Å². The van der Waals surface area contributed by atoms with Crippen LogP contribution in [-0.4, -0.2) is 70.0 Å². The Morgan fingerprint density at radius 1 is 1.15 bits per heavy atom. The Labute approximate surface area is 154 Å². The molecule has 2 aliphatic rings. The topological polar surface area (TPSA) is 76.2 Å². The van der Waals surface area contributed by atoms with Gasteiger partial charge in [-0.25, -0.2) is 8.42 Å². The van der Waals surface area contributed by atoms with Gasteiger partial charge in [0, 0.05) is 32.6 Å². The van der Waals surface area contributed by atoms with E-state index in [1.165, 1.54) is 4.31 Å². The number of benzene rings is 1. The summed E-state index contributed by atoms with van der Waals surface area (Å²) in [6.07, 6.45) is 2.57. The molecule has 0 N–H and O–H groups in total. The molecule has 0 spiro atoms. The zero-order valence-corrected chi connectivity index (χ0v) is 16.0. The van der Waals surface area contributed by atoms with Crippen LogP contribution in [0.1, 0.15) is 24.8 Å². The number of carbonyl (C=O) groups is 1. The molecule has 0 atom stereocenters. The van der Waals surface area contributed by atoms with Crippen LogP contribution in [0.5, 0.6) is 5.75 Å². The van der Waals surface area contributed by atoms with Gasteiger partial charge < -0.3 is 14.4 Å². The number of nitrogens with zero attached hydrogens (tertiary/aromatic N) is 2. The molecule has 2 heterocycles. The normalized spacial score (nSPS) is 18.9. The van der Waals surface area contributed by atoms with E-state index in [9.17, 15) is 13.2 Å². The highest BCUT2D eigenvalue weighted by molar-refractivity contribution is 7.89.